The molecule has 15 heavy (non-hydrogen) atoms. The summed E-state index contributed by atoms with van der Waals surface area (Å²) in [5.74, 6) is -0.286. The monoisotopic (exact) mass is 215 g/mol. The van der Waals surface area contributed by atoms with Crippen LogP contribution in [0.2, 0.25) is 0 Å². The van der Waals surface area contributed by atoms with Crippen LogP contribution < -0.4 is 5.32 Å². The Balaban J connectivity index is 2.43. The van der Waals surface area contributed by atoms with Gasteiger partial charge in [-0.25, -0.2) is 0 Å². The largest absolute Gasteiger partial charge is 0.480 e. The molecule has 0 aromatic heterocycles. The SMILES string of the molecule is CCOC1CC(NCC(C)C)(C(=O)O)C1. The molecule has 0 heterocycles. The molecule has 0 aromatic carbocycles. The Kier molecular flexibility index (Phi) is 4.11. The number of aliphatic carboxylic acids is 1. The van der Waals surface area contributed by atoms with Crippen molar-refractivity contribution in [3.8, 4) is 0 Å². The highest BCUT2D eigenvalue weighted by Gasteiger charge is 2.50. The summed E-state index contributed by atoms with van der Waals surface area (Å²) in [6, 6.07) is 0. The van der Waals surface area contributed by atoms with Crippen molar-refractivity contribution in [2.75, 3.05) is 13.2 Å². The Bertz CT molecular complexity index is 222. The molecule has 4 heteroatoms. The molecule has 0 bridgehead atoms. The van der Waals surface area contributed by atoms with Gasteiger partial charge in [0.05, 0.1) is 6.10 Å². The summed E-state index contributed by atoms with van der Waals surface area (Å²) in [6.45, 7) is 7.47. The van der Waals surface area contributed by atoms with E-state index in [0.29, 0.717) is 25.4 Å². The normalized spacial score (nSPS) is 30.3. The van der Waals surface area contributed by atoms with Crippen LogP contribution in [0.1, 0.15) is 33.6 Å². The number of ether oxygens (including phenoxy) is 1. The Hall–Kier alpha value is -0.610. The van der Waals surface area contributed by atoms with Crippen molar-refractivity contribution in [2.24, 2.45) is 5.92 Å². The van der Waals surface area contributed by atoms with Gasteiger partial charge in [-0.3, -0.25) is 4.79 Å². The van der Waals surface area contributed by atoms with Crippen molar-refractivity contribution >= 4 is 5.97 Å². The van der Waals surface area contributed by atoms with E-state index in [-0.39, 0.29) is 6.10 Å². The molecule has 1 fully saturated rings. The first-order valence-electron chi connectivity index (χ1n) is 5.60. The van der Waals surface area contributed by atoms with Crippen LogP contribution in [0.5, 0.6) is 0 Å². The maximum Gasteiger partial charge on any atom is 0.324 e. The fourth-order valence-electron chi connectivity index (χ4n) is 1.87. The van der Waals surface area contributed by atoms with Gasteiger partial charge in [0.2, 0.25) is 0 Å². The molecule has 0 unspecified atom stereocenters. The molecule has 1 rings (SSSR count). The number of nitrogens with one attached hydrogen (secondary N) is 1. The van der Waals surface area contributed by atoms with Crippen LogP contribution in [-0.2, 0) is 9.53 Å². The molecular formula is C11H21NO3. The average Bonchev–Trinajstić information content (AvgIpc) is 2.07. The standard InChI is InChI=1S/C11H21NO3/c1-4-15-9-5-11(6-9,10(13)14)12-7-8(2)3/h8-9,12H,4-7H2,1-3H3,(H,13,14). The van der Waals surface area contributed by atoms with Crippen LogP contribution >= 0.6 is 0 Å². The summed E-state index contributed by atoms with van der Waals surface area (Å²) in [5, 5.41) is 12.3. The number of hydrogen-bond acceptors (Lipinski definition) is 3. The first-order valence-corrected chi connectivity index (χ1v) is 5.60. The predicted molar refractivity (Wildman–Crippen MR) is 57.9 cm³/mol. The summed E-state index contributed by atoms with van der Waals surface area (Å²) in [4.78, 5) is 11.1. The van der Waals surface area contributed by atoms with Crippen molar-refractivity contribution in [1.82, 2.24) is 5.32 Å². The van der Waals surface area contributed by atoms with E-state index < -0.39 is 11.5 Å². The maximum atomic E-state index is 11.1. The molecule has 1 aliphatic rings. The van der Waals surface area contributed by atoms with Gasteiger partial charge in [-0.05, 0) is 19.4 Å². The minimum absolute atomic E-state index is 0.116. The van der Waals surface area contributed by atoms with Crippen molar-refractivity contribution in [3.63, 3.8) is 0 Å². The Morgan fingerprint density at radius 2 is 2.20 bits per heavy atom. The number of carboxylic acid groups (broad SMARTS) is 1. The van der Waals surface area contributed by atoms with Gasteiger partial charge in [-0.1, -0.05) is 13.8 Å². The molecular weight excluding hydrogens is 194 g/mol. The summed E-state index contributed by atoms with van der Waals surface area (Å²) < 4.78 is 5.39. The zero-order chi connectivity index (χ0) is 11.5. The highest BCUT2D eigenvalue weighted by molar-refractivity contribution is 5.80. The quantitative estimate of drug-likeness (QED) is 0.700. The second kappa shape index (κ2) is 4.94. The highest BCUT2D eigenvalue weighted by atomic mass is 16.5. The highest BCUT2D eigenvalue weighted by Crippen LogP contribution is 2.35. The molecule has 1 aliphatic carbocycles. The van der Waals surface area contributed by atoms with E-state index in [1.165, 1.54) is 0 Å². The van der Waals surface area contributed by atoms with E-state index in [1.54, 1.807) is 0 Å². The lowest BCUT2D eigenvalue weighted by molar-refractivity contribution is -0.157. The third kappa shape index (κ3) is 2.92. The molecule has 0 saturated heterocycles. The zero-order valence-corrected chi connectivity index (χ0v) is 9.75. The van der Waals surface area contributed by atoms with Gasteiger partial charge >= 0.3 is 5.97 Å². The lowest BCUT2D eigenvalue weighted by Gasteiger charge is -2.44. The fraction of sp³-hybridized carbons (Fsp3) is 0.909. The Labute approximate surface area is 91.0 Å². The molecule has 0 aliphatic heterocycles. The molecule has 4 nitrogen and oxygen atoms in total. The van der Waals surface area contributed by atoms with Crippen molar-refractivity contribution in [1.29, 1.82) is 0 Å². The van der Waals surface area contributed by atoms with Crippen LogP contribution in [0.15, 0.2) is 0 Å². The maximum absolute atomic E-state index is 11.1. The fourth-order valence-corrected chi connectivity index (χ4v) is 1.87. The minimum atomic E-state index is -0.751. The van der Waals surface area contributed by atoms with E-state index in [9.17, 15) is 4.79 Å². The topological polar surface area (TPSA) is 58.6 Å². The predicted octanol–water partition coefficient (Wildman–Crippen LogP) is 1.25. The molecule has 0 spiro atoms. The lowest BCUT2D eigenvalue weighted by Crippen LogP contribution is -2.63. The van der Waals surface area contributed by atoms with Crippen LogP contribution in [-0.4, -0.2) is 35.9 Å². The van der Waals surface area contributed by atoms with Gasteiger partial charge in [0.25, 0.3) is 0 Å². The van der Waals surface area contributed by atoms with E-state index in [0.717, 1.165) is 6.54 Å². The summed E-state index contributed by atoms with van der Waals surface area (Å²) in [7, 11) is 0. The van der Waals surface area contributed by atoms with Crippen LogP contribution in [0.25, 0.3) is 0 Å². The van der Waals surface area contributed by atoms with Gasteiger partial charge in [-0.15, -0.1) is 0 Å². The molecule has 0 aromatic rings. The van der Waals surface area contributed by atoms with Gasteiger partial charge < -0.3 is 15.2 Å². The minimum Gasteiger partial charge on any atom is -0.480 e. The van der Waals surface area contributed by atoms with Crippen molar-refractivity contribution < 1.29 is 14.6 Å². The Morgan fingerprint density at radius 1 is 1.60 bits per heavy atom. The van der Waals surface area contributed by atoms with E-state index in [2.05, 4.69) is 19.2 Å². The molecule has 0 radical (unpaired) electrons. The summed E-state index contributed by atoms with van der Waals surface area (Å²) >= 11 is 0. The van der Waals surface area contributed by atoms with Crippen LogP contribution in [0.4, 0.5) is 0 Å². The second-order valence-corrected chi connectivity index (χ2v) is 4.65. The van der Waals surface area contributed by atoms with Gasteiger partial charge in [0, 0.05) is 19.4 Å². The second-order valence-electron chi connectivity index (χ2n) is 4.65. The number of rotatable bonds is 6. The molecule has 2 N–H and O–H groups in total. The van der Waals surface area contributed by atoms with Crippen LogP contribution in [0, 0.1) is 5.92 Å². The number of hydrogen-bond donors (Lipinski definition) is 2. The molecule has 0 atom stereocenters. The molecule has 0 amide bonds. The average molecular weight is 215 g/mol. The summed E-state index contributed by atoms with van der Waals surface area (Å²) in [5.41, 5.74) is -0.732. The smallest absolute Gasteiger partial charge is 0.324 e. The van der Waals surface area contributed by atoms with Crippen LogP contribution in [0.3, 0.4) is 0 Å². The van der Waals surface area contributed by atoms with Crippen molar-refractivity contribution in [3.05, 3.63) is 0 Å². The third-order valence-corrected chi connectivity index (χ3v) is 2.81. The lowest BCUT2D eigenvalue weighted by atomic mass is 9.74. The number of carbonyl (C=O) groups is 1. The molecule has 1 saturated carbocycles. The van der Waals surface area contributed by atoms with E-state index in [4.69, 9.17) is 9.84 Å². The van der Waals surface area contributed by atoms with Crippen molar-refractivity contribution in [2.45, 2.75) is 45.3 Å². The third-order valence-electron chi connectivity index (χ3n) is 2.81. The van der Waals surface area contributed by atoms with Gasteiger partial charge in [0.15, 0.2) is 0 Å². The first kappa shape index (κ1) is 12.5. The summed E-state index contributed by atoms with van der Waals surface area (Å²) in [6.07, 6.45) is 1.29. The van der Waals surface area contributed by atoms with E-state index >= 15 is 0 Å². The Morgan fingerprint density at radius 3 is 2.60 bits per heavy atom. The zero-order valence-electron chi connectivity index (χ0n) is 9.75. The van der Waals surface area contributed by atoms with Gasteiger partial charge in [-0.2, -0.15) is 0 Å². The van der Waals surface area contributed by atoms with Gasteiger partial charge in [0.1, 0.15) is 5.54 Å². The number of carboxylic acids is 1. The van der Waals surface area contributed by atoms with E-state index in [1.807, 2.05) is 6.92 Å². The first-order chi connectivity index (χ1) is 7.00. The molecule has 88 valence electrons.